The molecule has 2 heterocycles. The maximum absolute atomic E-state index is 6.12. The van der Waals surface area contributed by atoms with Crippen molar-refractivity contribution >= 4 is 17.4 Å². The standard InChI is InChI=1S/C11H13ClN4O/c1-3-17-11-10(6(2)15-16-11)7-4-9(13)14-5-8(7)12/h4-5H,3H2,1-2H3,(H2,13,14)(H,15,16). The molecule has 5 nitrogen and oxygen atoms in total. The Labute approximate surface area is 104 Å². The lowest BCUT2D eigenvalue weighted by Gasteiger charge is -2.07. The summed E-state index contributed by atoms with van der Waals surface area (Å²) in [7, 11) is 0. The van der Waals surface area contributed by atoms with Crippen molar-refractivity contribution in [3.63, 3.8) is 0 Å². The molecule has 0 spiro atoms. The third kappa shape index (κ3) is 2.19. The van der Waals surface area contributed by atoms with Crippen LogP contribution in [0.25, 0.3) is 11.1 Å². The third-order valence-electron chi connectivity index (χ3n) is 2.34. The second kappa shape index (κ2) is 4.63. The van der Waals surface area contributed by atoms with Gasteiger partial charge in [0.1, 0.15) is 5.82 Å². The van der Waals surface area contributed by atoms with Gasteiger partial charge in [0, 0.05) is 17.5 Å². The van der Waals surface area contributed by atoms with Crippen LogP contribution in [0.5, 0.6) is 5.88 Å². The lowest BCUT2D eigenvalue weighted by atomic mass is 10.1. The smallest absolute Gasteiger partial charge is 0.240 e. The summed E-state index contributed by atoms with van der Waals surface area (Å²) in [6, 6.07) is 1.71. The van der Waals surface area contributed by atoms with Gasteiger partial charge in [-0.2, -0.15) is 0 Å². The van der Waals surface area contributed by atoms with Crippen LogP contribution in [0.1, 0.15) is 12.6 Å². The first-order chi connectivity index (χ1) is 8.13. The molecule has 6 heteroatoms. The molecule has 0 amide bonds. The predicted octanol–water partition coefficient (Wildman–Crippen LogP) is 2.41. The lowest BCUT2D eigenvalue weighted by Crippen LogP contribution is -1.95. The number of nitrogens with two attached hydrogens (primary N) is 1. The molecule has 0 atom stereocenters. The number of halogens is 1. The Bertz CT molecular complexity index is 538. The van der Waals surface area contributed by atoms with Gasteiger partial charge in [-0.3, -0.25) is 5.10 Å². The highest BCUT2D eigenvalue weighted by Gasteiger charge is 2.16. The Balaban J connectivity index is 2.58. The molecule has 0 aliphatic rings. The second-order valence-electron chi connectivity index (χ2n) is 3.55. The molecule has 90 valence electrons. The number of aromatic nitrogens is 3. The summed E-state index contributed by atoms with van der Waals surface area (Å²) < 4.78 is 5.44. The highest BCUT2D eigenvalue weighted by Crippen LogP contribution is 2.36. The van der Waals surface area contributed by atoms with Crippen molar-refractivity contribution in [1.82, 2.24) is 15.2 Å². The first-order valence-corrected chi connectivity index (χ1v) is 5.60. The number of aryl methyl sites for hydroxylation is 1. The van der Waals surface area contributed by atoms with Crippen molar-refractivity contribution in [2.24, 2.45) is 0 Å². The molecule has 0 saturated carbocycles. The van der Waals surface area contributed by atoms with Crippen LogP contribution in [-0.2, 0) is 0 Å². The molecule has 17 heavy (non-hydrogen) atoms. The molecule has 0 fully saturated rings. The molecule has 0 saturated heterocycles. The number of nitrogen functional groups attached to an aromatic ring is 1. The van der Waals surface area contributed by atoms with Crippen molar-refractivity contribution in [3.8, 4) is 17.0 Å². The fraction of sp³-hybridized carbons (Fsp3) is 0.273. The molecule has 0 aliphatic heterocycles. The molecule has 0 aromatic carbocycles. The summed E-state index contributed by atoms with van der Waals surface area (Å²) in [6.45, 7) is 4.34. The van der Waals surface area contributed by atoms with E-state index in [9.17, 15) is 0 Å². The van der Waals surface area contributed by atoms with Gasteiger partial charge in [-0.05, 0) is 19.9 Å². The number of nitrogens with zero attached hydrogens (tertiary/aromatic N) is 2. The van der Waals surface area contributed by atoms with E-state index in [4.69, 9.17) is 22.1 Å². The van der Waals surface area contributed by atoms with Crippen molar-refractivity contribution in [2.75, 3.05) is 12.3 Å². The van der Waals surface area contributed by atoms with Gasteiger partial charge in [-0.25, -0.2) is 4.98 Å². The van der Waals surface area contributed by atoms with E-state index in [0.29, 0.717) is 23.3 Å². The zero-order valence-electron chi connectivity index (χ0n) is 9.62. The predicted molar refractivity (Wildman–Crippen MR) is 67.1 cm³/mol. The SMILES string of the molecule is CCOc1n[nH]c(C)c1-c1cc(N)ncc1Cl. The van der Waals surface area contributed by atoms with Crippen molar-refractivity contribution < 1.29 is 4.74 Å². The topological polar surface area (TPSA) is 76.8 Å². The van der Waals surface area contributed by atoms with Crippen LogP contribution in [0, 0.1) is 6.92 Å². The average Bonchev–Trinajstić information content (AvgIpc) is 2.64. The Morgan fingerprint density at radius 2 is 2.29 bits per heavy atom. The van der Waals surface area contributed by atoms with Gasteiger partial charge >= 0.3 is 0 Å². The van der Waals surface area contributed by atoms with E-state index in [0.717, 1.165) is 16.8 Å². The van der Waals surface area contributed by atoms with E-state index in [2.05, 4.69) is 15.2 Å². The molecule has 0 aliphatic carbocycles. The zero-order valence-corrected chi connectivity index (χ0v) is 10.4. The number of anilines is 1. The number of hydrogen-bond donors (Lipinski definition) is 2. The number of ether oxygens (including phenoxy) is 1. The Morgan fingerprint density at radius 3 is 3.00 bits per heavy atom. The van der Waals surface area contributed by atoms with Gasteiger partial charge in [-0.1, -0.05) is 11.6 Å². The third-order valence-corrected chi connectivity index (χ3v) is 2.64. The van der Waals surface area contributed by atoms with E-state index in [1.807, 2.05) is 13.8 Å². The average molecular weight is 253 g/mol. The highest BCUT2D eigenvalue weighted by molar-refractivity contribution is 6.33. The van der Waals surface area contributed by atoms with Crippen LogP contribution in [0.2, 0.25) is 5.02 Å². The summed E-state index contributed by atoms with van der Waals surface area (Å²) in [4.78, 5) is 3.93. The van der Waals surface area contributed by atoms with E-state index >= 15 is 0 Å². The first kappa shape index (κ1) is 11.7. The fourth-order valence-electron chi connectivity index (χ4n) is 1.61. The summed E-state index contributed by atoms with van der Waals surface area (Å²) in [6.07, 6.45) is 1.52. The van der Waals surface area contributed by atoms with E-state index in [-0.39, 0.29) is 0 Å². The molecule has 3 N–H and O–H groups in total. The van der Waals surface area contributed by atoms with Crippen LogP contribution in [0.15, 0.2) is 12.3 Å². The van der Waals surface area contributed by atoms with Gasteiger partial charge in [0.15, 0.2) is 0 Å². The zero-order chi connectivity index (χ0) is 12.4. The Morgan fingerprint density at radius 1 is 1.53 bits per heavy atom. The number of pyridine rings is 1. The minimum Gasteiger partial charge on any atom is -0.476 e. The number of aromatic amines is 1. The van der Waals surface area contributed by atoms with Crippen molar-refractivity contribution in [3.05, 3.63) is 23.0 Å². The number of H-pyrrole nitrogens is 1. The largest absolute Gasteiger partial charge is 0.476 e. The van der Waals surface area contributed by atoms with Crippen LogP contribution < -0.4 is 10.5 Å². The summed E-state index contributed by atoms with van der Waals surface area (Å²) in [5.41, 5.74) is 8.14. The van der Waals surface area contributed by atoms with Crippen LogP contribution in [-0.4, -0.2) is 21.8 Å². The minimum atomic E-state index is 0.410. The second-order valence-corrected chi connectivity index (χ2v) is 3.96. The number of hydrogen-bond acceptors (Lipinski definition) is 4. The van der Waals surface area contributed by atoms with Crippen LogP contribution in [0.3, 0.4) is 0 Å². The fourth-order valence-corrected chi connectivity index (χ4v) is 1.81. The summed E-state index contributed by atoms with van der Waals surface area (Å²) in [5, 5.41) is 7.48. The molecular weight excluding hydrogens is 240 g/mol. The molecule has 2 aromatic heterocycles. The van der Waals surface area contributed by atoms with Crippen LogP contribution in [0.4, 0.5) is 5.82 Å². The molecule has 0 radical (unpaired) electrons. The lowest BCUT2D eigenvalue weighted by molar-refractivity contribution is 0.327. The Kier molecular flexibility index (Phi) is 3.19. The number of rotatable bonds is 3. The highest BCUT2D eigenvalue weighted by atomic mass is 35.5. The van der Waals surface area contributed by atoms with Crippen molar-refractivity contribution in [2.45, 2.75) is 13.8 Å². The molecular formula is C11H13ClN4O. The maximum atomic E-state index is 6.12. The minimum absolute atomic E-state index is 0.410. The van der Waals surface area contributed by atoms with E-state index in [1.54, 1.807) is 6.07 Å². The quantitative estimate of drug-likeness (QED) is 0.880. The van der Waals surface area contributed by atoms with Gasteiger partial charge in [-0.15, -0.1) is 5.10 Å². The van der Waals surface area contributed by atoms with Gasteiger partial charge in [0.2, 0.25) is 5.88 Å². The maximum Gasteiger partial charge on any atom is 0.240 e. The monoisotopic (exact) mass is 252 g/mol. The van der Waals surface area contributed by atoms with Crippen LogP contribution >= 0.6 is 11.6 Å². The van der Waals surface area contributed by atoms with E-state index < -0.39 is 0 Å². The molecule has 0 unspecified atom stereocenters. The van der Waals surface area contributed by atoms with Gasteiger partial charge in [0.05, 0.1) is 17.2 Å². The van der Waals surface area contributed by atoms with Gasteiger partial charge in [0.25, 0.3) is 0 Å². The van der Waals surface area contributed by atoms with Crippen molar-refractivity contribution in [1.29, 1.82) is 0 Å². The van der Waals surface area contributed by atoms with E-state index in [1.165, 1.54) is 6.20 Å². The Hall–Kier alpha value is -1.75. The molecule has 0 bridgehead atoms. The first-order valence-electron chi connectivity index (χ1n) is 5.22. The number of nitrogens with one attached hydrogen (secondary N) is 1. The summed E-state index contributed by atoms with van der Waals surface area (Å²) in [5.74, 6) is 0.935. The van der Waals surface area contributed by atoms with Gasteiger partial charge < -0.3 is 10.5 Å². The molecule has 2 aromatic rings. The summed E-state index contributed by atoms with van der Waals surface area (Å²) >= 11 is 6.12. The normalized spacial score (nSPS) is 10.5. The molecule has 2 rings (SSSR count).